The number of hydrogen-bond donors (Lipinski definition) is 0. The lowest BCUT2D eigenvalue weighted by Crippen LogP contribution is -2.42. The Morgan fingerprint density at radius 1 is 1.18 bits per heavy atom. The molecule has 2 saturated carbocycles. The quantitative estimate of drug-likeness (QED) is 0.457. The fraction of sp³-hybridized carbons (Fsp3) is 0.640. The highest BCUT2D eigenvalue weighted by Crippen LogP contribution is 2.51. The highest BCUT2D eigenvalue weighted by atomic mass is 16.5. The maximum Gasteiger partial charge on any atom is 0.330 e. The third-order valence-corrected chi connectivity index (χ3v) is 6.84. The topological polar surface area (TPSA) is 29.5 Å². The maximum absolute atomic E-state index is 11.2. The fourth-order valence-electron chi connectivity index (χ4n) is 5.96. The Morgan fingerprint density at radius 2 is 1.82 bits per heavy atom. The standard InChI is InChI=1S/C25H37NO2/c1-5-19-12-22-14-23(13-19)16-25(2,15-22)18-26(3)17-21-8-6-20(7-9-21)10-11-24(27)28-4/h6-11,19,22-23H,5,12-18H2,1-4H3/b11-10+. The molecular formula is C25H37NO2. The zero-order valence-corrected chi connectivity index (χ0v) is 18.1. The summed E-state index contributed by atoms with van der Waals surface area (Å²) in [6.45, 7) is 7.05. The number of nitrogens with zero attached hydrogens (tertiary/aromatic N) is 1. The van der Waals surface area contributed by atoms with Crippen molar-refractivity contribution in [2.75, 3.05) is 20.7 Å². The van der Waals surface area contributed by atoms with Gasteiger partial charge in [0, 0.05) is 19.2 Å². The van der Waals surface area contributed by atoms with Crippen molar-refractivity contribution < 1.29 is 9.53 Å². The molecule has 0 saturated heterocycles. The van der Waals surface area contributed by atoms with E-state index in [1.807, 2.05) is 0 Å². The minimum atomic E-state index is -0.320. The summed E-state index contributed by atoms with van der Waals surface area (Å²) in [7, 11) is 3.66. The Balaban J connectivity index is 1.53. The van der Waals surface area contributed by atoms with E-state index in [4.69, 9.17) is 0 Å². The van der Waals surface area contributed by atoms with Crippen LogP contribution in [0.2, 0.25) is 0 Å². The predicted octanol–water partition coefficient (Wildman–Crippen LogP) is 5.55. The largest absolute Gasteiger partial charge is 0.466 e. The predicted molar refractivity (Wildman–Crippen MR) is 116 cm³/mol. The summed E-state index contributed by atoms with van der Waals surface area (Å²) in [4.78, 5) is 13.7. The molecule has 3 heteroatoms. The smallest absolute Gasteiger partial charge is 0.330 e. The van der Waals surface area contributed by atoms with Gasteiger partial charge >= 0.3 is 5.97 Å². The first-order valence-electron chi connectivity index (χ1n) is 10.9. The maximum atomic E-state index is 11.2. The van der Waals surface area contributed by atoms with Gasteiger partial charge in [-0.05, 0) is 79.5 Å². The molecule has 3 nitrogen and oxygen atoms in total. The number of rotatable bonds is 7. The van der Waals surface area contributed by atoms with Crippen LogP contribution in [0.1, 0.15) is 63.5 Å². The Bertz CT molecular complexity index is 664. The first kappa shape index (κ1) is 21.1. The van der Waals surface area contributed by atoms with Crippen molar-refractivity contribution in [2.45, 2.75) is 58.9 Å². The monoisotopic (exact) mass is 383 g/mol. The summed E-state index contributed by atoms with van der Waals surface area (Å²) in [6.07, 6.45) is 11.9. The van der Waals surface area contributed by atoms with Crippen LogP contribution in [0.3, 0.4) is 0 Å². The molecule has 2 fully saturated rings. The minimum absolute atomic E-state index is 0.320. The van der Waals surface area contributed by atoms with Crippen LogP contribution in [0, 0.1) is 23.2 Å². The molecular weight excluding hydrogens is 346 g/mol. The SMILES string of the molecule is CCC1CC2CC(C1)CC(C)(CN(C)Cc1ccc(/C=C/C(=O)OC)cc1)C2. The summed E-state index contributed by atoms with van der Waals surface area (Å²) in [6, 6.07) is 8.47. The van der Waals surface area contributed by atoms with Crippen LogP contribution in [0.4, 0.5) is 0 Å². The zero-order valence-electron chi connectivity index (χ0n) is 18.1. The summed E-state index contributed by atoms with van der Waals surface area (Å²) >= 11 is 0. The lowest BCUT2D eigenvalue weighted by atomic mass is 9.59. The molecule has 28 heavy (non-hydrogen) atoms. The Labute approximate surface area is 171 Å². The fourth-order valence-corrected chi connectivity index (χ4v) is 5.96. The molecule has 2 atom stereocenters. The Kier molecular flexibility index (Phi) is 6.98. The van der Waals surface area contributed by atoms with Crippen molar-refractivity contribution in [3.8, 4) is 0 Å². The van der Waals surface area contributed by atoms with E-state index in [9.17, 15) is 4.79 Å². The van der Waals surface area contributed by atoms with E-state index in [1.54, 1.807) is 6.08 Å². The molecule has 0 amide bonds. The van der Waals surface area contributed by atoms with Crippen LogP contribution in [-0.2, 0) is 16.1 Å². The Hall–Kier alpha value is -1.61. The molecule has 0 spiro atoms. The van der Waals surface area contributed by atoms with Crippen LogP contribution in [0.15, 0.2) is 30.3 Å². The number of benzene rings is 1. The molecule has 2 aliphatic rings. The number of ether oxygens (including phenoxy) is 1. The highest BCUT2D eigenvalue weighted by Gasteiger charge is 2.41. The zero-order chi connectivity index (χ0) is 20.1. The number of carbonyl (C=O) groups excluding carboxylic acids is 1. The molecule has 1 aromatic carbocycles. The van der Waals surface area contributed by atoms with Gasteiger partial charge in [0.1, 0.15) is 0 Å². The van der Waals surface area contributed by atoms with Crippen molar-refractivity contribution in [3.63, 3.8) is 0 Å². The van der Waals surface area contributed by atoms with E-state index in [2.05, 4.69) is 54.8 Å². The van der Waals surface area contributed by atoms with E-state index >= 15 is 0 Å². The van der Waals surface area contributed by atoms with Gasteiger partial charge in [0.05, 0.1) is 7.11 Å². The van der Waals surface area contributed by atoms with Crippen molar-refractivity contribution in [2.24, 2.45) is 23.2 Å². The third-order valence-electron chi connectivity index (χ3n) is 6.84. The van der Waals surface area contributed by atoms with Gasteiger partial charge in [-0.2, -0.15) is 0 Å². The van der Waals surface area contributed by atoms with Gasteiger partial charge in [0.15, 0.2) is 0 Å². The van der Waals surface area contributed by atoms with Crippen LogP contribution >= 0.6 is 0 Å². The van der Waals surface area contributed by atoms with Crippen molar-refractivity contribution in [1.82, 2.24) is 4.90 Å². The molecule has 0 aliphatic heterocycles. The van der Waals surface area contributed by atoms with Crippen molar-refractivity contribution in [1.29, 1.82) is 0 Å². The van der Waals surface area contributed by atoms with Crippen LogP contribution in [0.25, 0.3) is 6.08 Å². The second kappa shape index (κ2) is 9.26. The molecule has 0 heterocycles. The van der Waals surface area contributed by atoms with Crippen LogP contribution in [0.5, 0.6) is 0 Å². The molecule has 3 rings (SSSR count). The van der Waals surface area contributed by atoms with Gasteiger partial charge in [-0.1, -0.05) is 44.5 Å². The van der Waals surface area contributed by atoms with Gasteiger partial charge in [0.2, 0.25) is 0 Å². The Morgan fingerprint density at radius 3 is 2.39 bits per heavy atom. The average molecular weight is 384 g/mol. The van der Waals surface area contributed by atoms with Crippen molar-refractivity contribution in [3.05, 3.63) is 41.5 Å². The summed E-state index contributed by atoms with van der Waals surface area (Å²) in [5.74, 6) is 2.57. The average Bonchev–Trinajstić information content (AvgIpc) is 2.65. The first-order chi connectivity index (χ1) is 13.4. The van der Waals surface area contributed by atoms with Crippen LogP contribution < -0.4 is 0 Å². The first-order valence-corrected chi connectivity index (χ1v) is 10.9. The molecule has 0 radical (unpaired) electrons. The second-order valence-corrected chi connectivity index (χ2v) is 9.70. The third kappa shape index (κ3) is 5.70. The van der Waals surface area contributed by atoms with Gasteiger partial charge in [0.25, 0.3) is 0 Å². The van der Waals surface area contributed by atoms with E-state index in [0.717, 1.165) is 29.9 Å². The number of hydrogen-bond acceptors (Lipinski definition) is 3. The summed E-state index contributed by atoms with van der Waals surface area (Å²) in [5.41, 5.74) is 2.81. The molecule has 1 aromatic rings. The number of fused-ring (bicyclic) bond motifs is 2. The molecule has 2 bridgehead atoms. The van der Waals surface area contributed by atoms with Gasteiger partial charge < -0.3 is 9.64 Å². The van der Waals surface area contributed by atoms with Gasteiger partial charge in [-0.15, -0.1) is 0 Å². The van der Waals surface area contributed by atoms with E-state index in [0.29, 0.717) is 5.41 Å². The second-order valence-electron chi connectivity index (χ2n) is 9.70. The number of carbonyl (C=O) groups is 1. The van der Waals surface area contributed by atoms with E-state index in [1.165, 1.54) is 63.8 Å². The number of esters is 1. The van der Waals surface area contributed by atoms with Crippen LogP contribution in [-0.4, -0.2) is 31.6 Å². The minimum Gasteiger partial charge on any atom is -0.466 e. The van der Waals surface area contributed by atoms with Crippen molar-refractivity contribution >= 4 is 12.0 Å². The lowest BCUT2D eigenvalue weighted by Gasteiger charge is -2.49. The molecule has 2 unspecified atom stereocenters. The summed E-state index contributed by atoms with van der Waals surface area (Å²) in [5, 5.41) is 0. The normalized spacial score (nSPS) is 30.0. The molecule has 2 aliphatic carbocycles. The highest BCUT2D eigenvalue weighted by molar-refractivity contribution is 5.86. The molecule has 154 valence electrons. The lowest BCUT2D eigenvalue weighted by molar-refractivity contribution is -0.134. The van der Waals surface area contributed by atoms with Gasteiger partial charge in [-0.3, -0.25) is 0 Å². The van der Waals surface area contributed by atoms with E-state index in [-0.39, 0.29) is 5.97 Å². The number of methoxy groups -OCH3 is 1. The molecule has 0 aromatic heterocycles. The summed E-state index contributed by atoms with van der Waals surface area (Å²) < 4.78 is 4.64. The molecule has 0 N–H and O–H groups in total. The van der Waals surface area contributed by atoms with Gasteiger partial charge in [-0.25, -0.2) is 4.79 Å². The van der Waals surface area contributed by atoms with E-state index < -0.39 is 0 Å².